The van der Waals surface area contributed by atoms with E-state index in [2.05, 4.69) is 26.2 Å². The van der Waals surface area contributed by atoms with E-state index in [0.717, 1.165) is 4.88 Å². The molecule has 2 aromatic heterocycles. The maximum atomic E-state index is 11.9. The highest BCUT2D eigenvalue weighted by molar-refractivity contribution is 9.10. The first kappa shape index (κ1) is 12.3. The monoisotopic (exact) mass is 310 g/mol. The predicted octanol–water partition coefficient (Wildman–Crippen LogP) is 3.40. The Kier molecular flexibility index (Phi) is 3.91. The summed E-state index contributed by atoms with van der Waals surface area (Å²) in [6.07, 6.45) is 1.61. The Balaban J connectivity index is 2.07. The minimum Gasteiger partial charge on any atom is -0.345 e. The normalized spacial score (nSPS) is 12.1. The zero-order valence-electron chi connectivity index (χ0n) is 9.18. The number of amides is 1. The number of carbonyl (C=O) groups is 1. The first-order valence-corrected chi connectivity index (χ1v) is 6.80. The van der Waals surface area contributed by atoms with Crippen LogP contribution in [0.2, 0.25) is 0 Å². The molecule has 0 fully saturated rings. The second-order valence-electron chi connectivity index (χ2n) is 3.58. The quantitative estimate of drug-likeness (QED) is 0.883. The topological polar surface area (TPSA) is 42.0 Å². The molecule has 0 aliphatic heterocycles. The first-order chi connectivity index (χ1) is 8.16. The summed E-state index contributed by atoms with van der Waals surface area (Å²) in [6.45, 7) is 1.97. The number of rotatable bonds is 3. The van der Waals surface area contributed by atoms with Crippen LogP contribution in [0.4, 0.5) is 0 Å². The summed E-state index contributed by atoms with van der Waals surface area (Å²) >= 11 is 4.88. The molecule has 0 bridgehead atoms. The second-order valence-corrected chi connectivity index (χ2v) is 5.37. The van der Waals surface area contributed by atoms with Gasteiger partial charge in [0.2, 0.25) is 0 Å². The molecule has 2 aromatic rings. The summed E-state index contributed by atoms with van der Waals surface area (Å²) in [5.74, 6) is -0.0889. The third-order valence-electron chi connectivity index (χ3n) is 2.31. The van der Waals surface area contributed by atoms with Crippen molar-refractivity contribution in [3.8, 4) is 0 Å². The third kappa shape index (κ3) is 3.14. The minimum atomic E-state index is -0.0889. The van der Waals surface area contributed by atoms with Crippen molar-refractivity contribution in [2.75, 3.05) is 0 Å². The molecule has 2 heterocycles. The lowest BCUT2D eigenvalue weighted by Crippen LogP contribution is -2.26. The number of carbonyl (C=O) groups excluding carboxylic acids is 1. The SMILES string of the molecule is CC(NC(=O)c1ccnc(Br)c1)c1cccs1. The van der Waals surface area contributed by atoms with E-state index in [4.69, 9.17) is 0 Å². The zero-order valence-corrected chi connectivity index (χ0v) is 11.6. The summed E-state index contributed by atoms with van der Waals surface area (Å²) < 4.78 is 0.661. The van der Waals surface area contributed by atoms with Gasteiger partial charge in [0.1, 0.15) is 4.60 Å². The van der Waals surface area contributed by atoms with Crippen LogP contribution >= 0.6 is 27.3 Å². The summed E-state index contributed by atoms with van der Waals surface area (Å²) in [7, 11) is 0. The number of hydrogen-bond acceptors (Lipinski definition) is 3. The van der Waals surface area contributed by atoms with Crippen molar-refractivity contribution in [3.63, 3.8) is 0 Å². The molecule has 1 atom stereocenters. The Hall–Kier alpha value is -1.20. The molecule has 0 aliphatic rings. The molecule has 0 saturated heterocycles. The van der Waals surface area contributed by atoms with Crippen molar-refractivity contribution < 1.29 is 4.79 Å². The molecule has 1 N–H and O–H groups in total. The number of thiophene rings is 1. The van der Waals surface area contributed by atoms with E-state index >= 15 is 0 Å². The van der Waals surface area contributed by atoms with Crippen LogP contribution in [0.25, 0.3) is 0 Å². The first-order valence-electron chi connectivity index (χ1n) is 5.12. The van der Waals surface area contributed by atoms with Gasteiger partial charge in [-0.05, 0) is 46.4 Å². The van der Waals surface area contributed by atoms with Crippen LogP contribution in [0.15, 0.2) is 40.4 Å². The number of pyridine rings is 1. The number of nitrogens with one attached hydrogen (secondary N) is 1. The summed E-state index contributed by atoms with van der Waals surface area (Å²) in [6, 6.07) is 7.41. The van der Waals surface area contributed by atoms with E-state index in [1.54, 1.807) is 29.7 Å². The Labute approximate surface area is 112 Å². The van der Waals surface area contributed by atoms with Crippen molar-refractivity contribution in [2.45, 2.75) is 13.0 Å². The standard InChI is InChI=1S/C12H11BrN2OS/c1-8(10-3-2-6-17-10)15-12(16)9-4-5-14-11(13)7-9/h2-8H,1H3,(H,15,16). The van der Waals surface area contributed by atoms with Crippen LogP contribution in [0.5, 0.6) is 0 Å². The van der Waals surface area contributed by atoms with Crippen LogP contribution in [0.1, 0.15) is 28.2 Å². The Bertz CT molecular complexity index is 513. The van der Waals surface area contributed by atoms with Crippen molar-refractivity contribution in [3.05, 3.63) is 50.9 Å². The fourth-order valence-electron chi connectivity index (χ4n) is 1.43. The smallest absolute Gasteiger partial charge is 0.251 e. The Morgan fingerprint density at radius 1 is 1.53 bits per heavy atom. The zero-order chi connectivity index (χ0) is 12.3. The molecule has 3 nitrogen and oxygen atoms in total. The molecule has 5 heteroatoms. The molecule has 88 valence electrons. The van der Waals surface area contributed by atoms with E-state index in [1.807, 2.05) is 24.4 Å². The Morgan fingerprint density at radius 2 is 2.35 bits per heavy atom. The molecule has 1 amide bonds. The van der Waals surface area contributed by atoms with Crippen LogP contribution < -0.4 is 5.32 Å². The molecule has 17 heavy (non-hydrogen) atoms. The van der Waals surface area contributed by atoms with E-state index < -0.39 is 0 Å². The van der Waals surface area contributed by atoms with Gasteiger partial charge in [-0.1, -0.05) is 6.07 Å². The van der Waals surface area contributed by atoms with Crippen LogP contribution in [0, 0.1) is 0 Å². The van der Waals surface area contributed by atoms with Crippen LogP contribution in [-0.2, 0) is 0 Å². The fourth-order valence-corrected chi connectivity index (χ4v) is 2.53. The molecule has 0 saturated carbocycles. The molecule has 0 aromatic carbocycles. The van der Waals surface area contributed by atoms with Gasteiger partial charge in [0.15, 0.2) is 0 Å². The Morgan fingerprint density at radius 3 is 3.00 bits per heavy atom. The van der Waals surface area contributed by atoms with Gasteiger partial charge in [0.05, 0.1) is 6.04 Å². The average Bonchev–Trinajstić information content (AvgIpc) is 2.82. The van der Waals surface area contributed by atoms with Crippen LogP contribution in [-0.4, -0.2) is 10.9 Å². The number of halogens is 1. The van der Waals surface area contributed by atoms with E-state index in [0.29, 0.717) is 10.2 Å². The van der Waals surface area contributed by atoms with Gasteiger partial charge in [-0.15, -0.1) is 11.3 Å². The molecular formula is C12H11BrN2OS. The fraction of sp³-hybridized carbons (Fsp3) is 0.167. The summed E-state index contributed by atoms with van der Waals surface area (Å²) in [5, 5.41) is 4.95. The van der Waals surface area contributed by atoms with Gasteiger partial charge in [-0.2, -0.15) is 0 Å². The molecular weight excluding hydrogens is 300 g/mol. The third-order valence-corrected chi connectivity index (χ3v) is 3.80. The minimum absolute atomic E-state index is 0.0226. The van der Waals surface area contributed by atoms with Crippen molar-refractivity contribution in [2.24, 2.45) is 0 Å². The van der Waals surface area contributed by atoms with Crippen molar-refractivity contribution >= 4 is 33.2 Å². The summed E-state index contributed by atoms with van der Waals surface area (Å²) in [4.78, 5) is 17.1. The second kappa shape index (κ2) is 5.42. The lowest BCUT2D eigenvalue weighted by Gasteiger charge is -2.12. The largest absolute Gasteiger partial charge is 0.345 e. The number of aromatic nitrogens is 1. The van der Waals surface area contributed by atoms with Gasteiger partial charge in [-0.25, -0.2) is 4.98 Å². The molecule has 2 rings (SSSR count). The lowest BCUT2D eigenvalue weighted by atomic mass is 10.2. The average molecular weight is 311 g/mol. The number of hydrogen-bond donors (Lipinski definition) is 1. The molecule has 0 radical (unpaired) electrons. The van der Waals surface area contributed by atoms with Gasteiger partial charge in [0.25, 0.3) is 5.91 Å². The highest BCUT2D eigenvalue weighted by Gasteiger charge is 2.12. The van der Waals surface area contributed by atoms with E-state index in [-0.39, 0.29) is 11.9 Å². The molecule has 0 aliphatic carbocycles. The predicted molar refractivity (Wildman–Crippen MR) is 72.1 cm³/mol. The van der Waals surface area contributed by atoms with Gasteiger partial charge >= 0.3 is 0 Å². The highest BCUT2D eigenvalue weighted by Crippen LogP contribution is 2.18. The van der Waals surface area contributed by atoms with Gasteiger partial charge in [-0.3, -0.25) is 4.79 Å². The van der Waals surface area contributed by atoms with Crippen molar-refractivity contribution in [1.29, 1.82) is 0 Å². The van der Waals surface area contributed by atoms with Crippen molar-refractivity contribution in [1.82, 2.24) is 10.3 Å². The van der Waals surface area contributed by atoms with Gasteiger partial charge < -0.3 is 5.32 Å². The lowest BCUT2D eigenvalue weighted by molar-refractivity contribution is 0.0940. The van der Waals surface area contributed by atoms with Crippen LogP contribution in [0.3, 0.4) is 0 Å². The van der Waals surface area contributed by atoms with E-state index in [1.165, 1.54) is 0 Å². The molecule has 0 spiro atoms. The summed E-state index contributed by atoms with van der Waals surface area (Å²) in [5.41, 5.74) is 0.607. The maximum absolute atomic E-state index is 11.9. The molecule has 1 unspecified atom stereocenters. The highest BCUT2D eigenvalue weighted by atomic mass is 79.9. The number of nitrogens with zero attached hydrogens (tertiary/aromatic N) is 1. The maximum Gasteiger partial charge on any atom is 0.251 e. The van der Waals surface area contributed by atoms with Gasteiger partial charge in [0, 0.05) is 16.6 Å². The van der Waals surface area contributed by atoms with E-state index in [9.17, 15) is 4.79 Å².